The van der Waals surface area contributed by atoms with Crippen molar-refractivity contribution in [3.8, 4) is 0 Å². The second kappa shape index (κ2) is 7.46. The number of hydrogen-bond donors (Lipinski definition) is 2. The molecule has 0 radical (unpaired) electrons. The molecule has 2 nitrogen and oxygen atoms in total. The summed E-state index contributed by atoms with van der Waals surface area (Å²) in [6.45, 7) is 2.03. The molecule has 0 aromatic heterocycles. The average Bonchev–Trinajstić information content (AvgIpc) is 2.53. The molecular weight excluding hydrogens is 321 g/mol. The fourth-order valence-electron chi connectivity index (χ4n) is 2.17. The molecule has 0 aliphatic carbocycles. The standard InChI is InChI=1S/C17H17F3N2S/c1-2-15(12-6-4-3-5-7-12)22-16(23)21-14-10-8-13(9-11-14)17(18,19)20/h3-11,15H,2H2,1H3,(H2,21,22,23). The summed E-state index contributed by atoms with van der Waals surface area (Å²) in [5.41, 5.74) is 0.933. The third kappa shape index (κ3) is 4.96. The molecule has 122 valence electrons. The zero-order valence-electron chi connectivity index (χ0n) is 12.5. The van der Waals surface area contributed by atoms with Gasteiger partial charge in [-0.2, -0.15) is 13.2 Å². The molecule has 0 fully saturated rings. The van der Waals surface area contributed by atoms with Crippen molar-refractivity contribution in [2.75, 3.05) is 5.32 Å². The minimum absolute atomic E-state index is 0.0469. The molecule has 2 N–H and O–H groups in total. The third-order valence-electron chi connectivity index (χ3n) is 3.39. The first-order valence-corrected chi connectivity index (χ1v) is 7.60. The van der Waals surface area contributed by atoms with Gasteiger partial charge in [0.15, 0.2) is 5.11 Å². The van der Waals surface area contributed by atoms with Crippen molar-refractivity contribution < 1.29 is 13.2 Å². The van der Waals surface area contributed by atoms with Crippen LogP contribution >= 0.6 is 12.2 Å². The molecule has 6 heteroatoms. The summed E-state index contributed by atoms with van der Waals surface area (Å²) in [7, 11) is 0. The average molecular weight is 338 g/mol. The van der Waals surface area contributed by atoms with Crippen molar-refractivity contribution >= 4 is 23.0 Å². The van der Waals surface area contributed by atoms with Gasteiger partial charge in [-0.1, -0.05) is 37.3 Å². The minimum Gasteiger partial charge on any atom is -0.356 e. The molecule has 0 spiro atoms. The zero-order chi connectivity index (χ0) is 16.9. The van der Waals surface area contributed by atoms with Crippen LogP contribution in [-0.4, -0.2) is 5.11 Å². The summed E-state index contributed by atoms with van der Waals surface area (Å²) in [4.78, 5) is 0. The normalized spacial score (nSPS) is 12.5. The van der Waals surface area contributed by atoms with Crippen molar-refractivity contribution in [3.05, 3.63) is 65.7 Å². The van der Waals surface area contributed by atoms with Crippen LogP contribution in [0.5, 0.6) is 0 Å². The number of halogens is 3. The second-order valence-corrected chi connectivity index (χ2v) is 5.45. The van der Waals surface area contributed by atoms with Gasteiger partial charge in [0.2, 0.25) is 0 Å². The highest BCUT2D eigenvalue weighted by Crippen LogP contribution is 2.29. The van der Waals surface area contributed by atoms with Gasteiger partial charge < -0.3 is 10.6 Å². The number of thiocarbonyl (C=S) groups is 1. The summed E-state index contributed by atoms with van der Waals surface area (Å²) in [5, 5.41) is 6.46. The quantitative estimate of drug-likeness (QED) is 0.755. The molecule has 2 rings (SSSR count). The Labute approximate surface area is 138 Å². The first-order valence-electron chi connectivity index (χ1n) is 7.20. The smallest absolute Gasteiger partial charge is 0.356 e. The number of alkyl halides is 3. The topological polar surface area (TPSA) is 24.1 Å². The van der Waals surface area contributed by atoms with E-state index in [1.54, 1.807) is 0 Å². The summed E-state index contributed by atoms with van der Waals surface area (Å²) >= 11 is 5.24. The molecule has 0 aliphatic rings. The molecule has 23 heavy (non-hydrogen) atoms. The summed E-state index contributed by atoms with van der Waals surface area (Å²) in [5.74, 6) is 0. The highest BCUT2D eigenvalue weighted by atomic mass is 32.1. The maximum Gasteiger partial charge on any atom is 0.416 e. The second-order valence-electron chi connectivity index (χ2n) is 5.05. The molecule has 2 aromatic rings. The van der Waals surface area contributed by atoms with Crippen LogP contribution in [0.1, 0.15) is 30.5 Å². The van der Waals surface area contributed by atoms with Crippen LogP contribution in [0.3, 0.4) is 0 Å². The Bertz CT molecular complexity index is 639. The fraction of sp³-hybridized carbons (Fsp3) is 0.235. The van der Waals surface area contributed by atoms with Gasteiger partial charge in [0, 0.05) is 5.69 Å². The molecule has 1 atom stereocenters. The Morgan fingerprint density at radius 2 is 1.65 bits per heavy atom. The number of hydrogen-bond acceptors (Lipinski definition) is 1. The predicted molar refractivity (Wildman–Crippen MR) is 90.3 cm³/mol. The Morgan fingerprint density at radius 1 is 1.04 bits per heavy atom. The van der Waals surface area contributed by atoms with Crippen molar-refractivity contribution in [1.82, 2.24) is 5.32 Å². The fourth-order valence-corrected chi connectivity index (χ4v) is 2.43. The lowest BCUT2D eigenvalue weighted by atomic mass is 10.1. The van der Waals surface area contributed by atoms with Crippen LogP contribution in [-0.2, 0) is 6.18 Å². The molecule has 0 aliphatic heterocycles. The van der Waals surface area contributed by atoms with Gasteiger partial charge in [0.25, 0.3) is 0 Å². The van der Waals surface area contributed by atoms with E-state index in [1.165, 1.54) is 12.1 Å². The zero-order valence-corrected chi connectivity index (χ0v) is 13.3. The highest BCUT2D eigenvalue weighted by Gasteiger charge is 2.29. The summed E-state index contributed by atoms with van der Waals surface area (Å²) < 4.78 is 37.6. The van der Waals surface area contributed by atoms with E-state index in [9.17, 15) is 13.2 Å². The van der Waals surface area contributed by atoms with Crippen LogP contribution in [0.4, 0.5) is 18.9 Å². The molecular formula is C17H17F3N2S. The maximum atomic E-state index is 12.5. The lowest BCUT2D eigenvalue weighted by Gasteiger charge is -2.20. The Hall–Kier alpha value is -2.08. The molecule has 1 unspecified atom stereocenters. The lowest BCUT2D eigenvalue weighted by molar-refractivity contribution is -0.137. The number of anilines is 1. The van der Waals surface area contributed by atoms with Crippen molar-refractivity contribution in [1.29, 1.82) is 0 Å². The van der Waals surface area contributed by atoms with Crippen LogP contribution in [0, 0.1) is 0 Å². The molecule has 0 bridgehead atoms. The van der Waals surface area contributed by atoms with Crippen molar-refractivity contribution in [3.63, 3.8) is 0 Å². The van der Waals surface area contributed by atoms with Gasteiger partial charge >= 0.3 is 6.18 Å². The van der Waals surface area contributed by atoms with Gasteiger partial charge in [-0.15, -0.1) is 0 Å². The van der Waals surface area contributed by atoms with Crippen molar-refractivity contribution in [2.24, 2.45) is 0 Å². The Balaban J connectivity index is 1.99. The van der Waals surface area contributed by atoms with E-state index in [0.717, 1.165) is 24.1 Å². The van der Waals surface area contributed by atoms with Gasteiger partial charge in [-0.25, -0.2) is 0 Å². The first kappa shape index (κ1) is 17.3. The summed E-state index contributed by atoms with van der Waals surface area (Å²) in [6.07, 6.45) is -3.50. The van der Waals surface area contributed by atoms with E-state index in [2.05, 4.69) is 10.6 Å². The van der Waals surface area contributed by atoms with E-state index in [-0.39, 0.29) is 6.04 Å². The van der Waals surface area contributed by atoms with E-state index in [1.807, 2.05) is 37.3 Å². The first-order chi connectivity index (χ1) is 10.9. The van der Waals surface area contributed by atoms with E-state index in [4.69, 9.17) is 12.2 Å². The van der Waals surface area contributed by atoms with Gasteiger partial charge in [0.05, 0.1) is 11.6 Å². The predicted octanol–water partition coefficient (Wildman–Crippen LogP) is 5.14. The summed E-state index contributed by atoms with van der Waals surface area (Å²) in [6, 6.07) is 14.7. The Kier molecular flexibility index (Phi) is 5.60. The monoisotopic (exact) mass is 338 g/mol. The molecule has 0 heterocycles. The van der Waals surface area contributed by atoms with Crippen LogP contribution < -0.4 is 10.6 Å². The number of rotatable bonds is 4. The van der Waals surface area contributed by atoms with Gasteiger partial charge in [0.1, 0.15) is 0 Å². The van der Waals surface area contributed by atoms with E-state index >= 15 is 0 Å². The van der Waals surface area contributed by atoms with Crippen LogP contribution in [0.2, 0.25) is 0 Å². The van der Waals surface area contributed by atoms with Crippen LogP contribution in [0.25, 0.3) is 0 Å². The van der Waals surface area contributed by atoms with Gasteiger partial charge in [-0.3, -0.25) is 0 Å². The van der Waals surface area contributed by atoms with E-state index < -0.39 is 11.7 Å². The van der Waals surface area contributed by atoms with Crippen molar-refractivity contribution in [2.45, 2.75) is 25.6 Å². The van der Waals surface area contributed by atoms with Crippen LogP contribution in [0.15, 0.2) is 54.6 Å². The minimum atomic E-state index is -4.34. The number of nitrogens with one attached hydrogen (secondary N) is 2. The largest absolute Gasteiger partial charge is 0.416 e. The van der Waals surface area contributed by atoms with E-state index in [0.29, 0.717) is 10.8 Å². The third-order valence-corrected chi connectivity index (χ3v) is 3.61. The SMILES string of the molecule is CCC(NC(=S)Nc1ccc(C(F)(F)F)cc1)c1ccccc1. The lowest BCUT2D eigenvalue weighted by Crippen LogP contribution is -2.32. The van der Waals surface area contributed by atoms with Gasteiger partial charge in [-0.05, 0) is 48.5 Å². The molecule has 0 amide bonds. The number of benzene rings is 2. The highest BCUT2D eigenvalue weighted by molar-refractivity contribution is 7.80. The molecule has 0 saturated heterocycles. The molecule has 2 aromatic carbocycles. The molecule has 0 saturated carbocycles. The Morgan fingerprint density at radius 3 is 2.17 bits per heavy atom. The maximum absolute atomic E-state index is 12.5.